The van der Waals surface area contributed by atoms with Crippen molar-refractivity contribution in [3.8, 4) is 0 Å². The summed E-state index contributed by atoms with van der Waals surface area (Å²) in [4.78, 5) is 13.9. The van der Waals surface area contributed by atoms with Crippen LogP contribution in [0.15, 0.2) is 22.7 Å². The van der Waals surface area contributed by atoms with E-state index in [1.165, 1.54) is 24.5 Å². The van der Waals surface area contributed by atoms with Gasteiger partial charge in [-0.2, -0.15) is 0 Å². The third-order valence-corrected chi connectivity index (χ3v) is 7.23. The van der Waals surface area contributed by atoms with Crippen LogP contribution in [0.4, 0.5) is 4.39 Å². The highest BCUT2D eigenvalue weighted by Gasteiger charge is 2.33. The SMILES string of the molecule is CC1CC(F)=C(Cl)C=C1OCC(=O)N1CCC(S(=O)(=O)N(C)C)CC1. The predicted octanol–water partition coefficient (Wildman–Crippen LogP) is 2.23. The molecule has 0 aromatic carbocycles. The van der Waals surface area contributed by atoms with Gasteiger partial charge in [0.2, 0.25) is 10.0 Å². The zero-order valence-electron chi connectivity index (χ0n) is 14.7. The van der Waals surface area contributed by atoms with E-state index < -0.39 is 15.3 Å². The minimum Gasteiger partial charge on any atom is -0.488 e. The average Bonchev–Trinajstić information content (AvgIpc) is 2.56. The van der Waals surface area contributed by atoms with Crippen LogP contribution in [0.3, 0.4) is 0 Å². The second-order valence-corrected chi connectivity index (χ2v) is 9.43. The summed E-state index contributed by atoms with van der Waals surface area (Å²) >= 11 is 5.77. The van der Waals surface area contributed by atoms with E-state index in [1.54, 1.807) is 11.8 Å². The first kappa shape index (κ1) is 20.2. The maximum Gasteiger partial charge on any atom is 0.260 e. The summed E-state index contributed by atoms with van der Waals surface area (Å²) in [6, 6.07) is 0. The number of rotatable bonds is 5. The van der Waals surface area contributed by atoms with E-state index >= 15 is 0 Å². The third kappa shape index (κ3) is 4.74. The summed E-state index contributed by atoms with van der Waals surface area (Å²) in [6.45, 7) is 2.40. The fraction of sp³-hybridized carbons (Fsp3) is 0.688. The molecule has 6 nitrogen and oxygen atoms in total. The molecule has 1 aliphatic carbocycles. The number of piperidine rings is 1. The standard InChI is InChI=1S/C16H24ClFN2O4S/c1-11-8-14(18)13(17)9-15(11)24-10-16(21)20-6-4-12(5-7-20)25(22,23)19(2)3/h9,11-12H,4-8,10H2,1-3H3. The molecule has 2 aliphatic rings. The zero-order chi connectivity index (χ0) is 18.8. The van der Waals surface area contributed by atoms with Gasteiger partial charge in [0.15, 0.2) is 6.61 Å². The molecule has 0 aromatic rings. The molecular weight excluding hydrogens is 371 g/mol. The van der Waals surface area contributed by atoms with Gasteiger partial charge in [0.25, 0.3) is 5.91 Å². The second-order valence-electron chi connectivity index (χ2n) is 6.60. The van der Waals surface area contributed by atoms with Gasteiger partial charge in [0.05, 0.1) is 10.3 Å². The Morgan fingerprint density at radius 2 is 2.00 bits per heavy atom. The summed E-state index contributed by atoms with van der Waals surface area (Å²) in [5.41, 5.74) is 0. The highest BCUT2D eigenvalue weighted by Crippen LogP contribution is 2.32. The van der Waals surface area contributed by atoms with Crippen molar-refractivity contribution in [1.29, 1.82) is 0 Å². The lowest BCUT2D eigenvalue weighted by atomic mass is 10.00. The molecule has 1 fully saturated rings. The van der Waals surface area contributed by atoms with Gasteiger partial charge in [-0.05, 0) is 18.9 Å². The molecule has 1 aliphatic heterocycles. The number of carbonyl (C=O) groups is 1. The highest BCUT2D eigenvalue weighted by atomic mass is 35.5. The molecule has 1 atom stereocenters. The fourth-order valence-electron chi connectivity index (χ4n) is 2.93. The Labute approximate surface area is 153 Å². The molecule has 0 aromatic heterocycles. The van der Waals surface area contributed by atoms with Crippen LogP contribution in [0, 0.1) is 5.92 Å². The largest absolute Gasteiger partial charge is 0.488 e. The van der Waals surface area contributed by atoms with Crippen molar-refractivity contribution < 1.29 is 22.3 Å². The smallest absolute Gasteiger partial charge is 0.260 e. The van der Waals surface area contributed by atoms with Crippen LogP contribution < -0.4 is 0 Å². The fourth-order valence-corrected chi connectivity index (χ4v) is 4.52. The van der Waals surface area contributed by atoms with Crippen LogP contribution in [-0.4, -0.2) is 62.6 Å². The van der Waals surface area contributed by atoms with E-state index in [9.17, 15) is 17.6 Å². The van der Waals surface area contributed by atoms with Gasteiger partial charge in [-0.1, -0.05) is 18.5 Å². The lowest BCUT2D eigenvalue weighted by Gasteiger charge is -2.33. The van der Waals surface area contributed by atoms with E-state index in [0.717, 1.165) is 0 Å². The van der Waals surface area contributed by atoms with E-state index in [-0.39, 0.29) is 35.7 Å². The maximum atomic E-state index is 13.4. The van der Waals surface area contributed by atoms with Crippen LogP contribution in [0.1, 0.15) is 26.2 Å². The first-order valence-corrected chi connectivity index (χ1v) is 10.1. The summed E-state index contributed by atoms with van der Waals surface area (Å²) in [7, 11) is -0.265. The van der Waals surface area contributed by atoms with E-state index in [4.69, 9.17) is 16.3 Å². The van der Waals surface area contributed by atoms with Crippen molar-refractivity contribution in [2.24, 2.45) is 5.92 Å². The Balaban J connectivity index is 1.87. The molecule has 0 bridgehead atoms. The number of amides is 1. The first-order valence-electron chi connectivity index (χ1n) is 8.20. The van der Waals surface area contributed by atoms with Crippen LogP contribution in [-0.2, 0) is 19.6 Å². The number of halogens is 2. The molecule has 0 radical (unpaired) electrons. The van der Waals surface area contributed by atoms with E-state index in [0.29, 0.717) is 31.7 Å². The number of hydrogen-bond acceptors (Lipinski definition) is 4. The average molecular weight is 395 g/mol. The predicted molar refractivity (Wildman–Crippen MR) is 94.0 cm³/mol. The number of sulfonamides is 1. The molecule has 142 valence electrons. The molecule has 0 N–H and O–H groups in total. The Morgan fingerprint density at radius 1 is 1.40 bits per heavy atom. The van der Waals surface area contributed by atoms with Gasteiger partial charge in [0, 0.05) is 39.5 Å². The molecule has 2 rings (SSSR count). The normalized spacial score (nSPS) is 23.0. The molecular formula is C16H24ClFN2O4S. The number of nitrogens with zero attached hydrogens (tertiary/aromatic N) is 2. The van der Waals surface area contributed by atoms with Crippen molar-refractivity contribution in [2.45, 2.75) is 31.4 Å². The van der Waals surface area contributed by atoms with Gasteiger partial charge in [-0.25, -0.2) is 17.1 Å². The molecule has 1 amide bonds. The second kappa shape index (κ2) is 8.05. The van der Waals surface area contributed by atoms with Crippen LogP contribution in [0.5, 0.6) is 0 Å². The maximum absolute atomic E-state index is 13.4. The lowest BCUT2D eigenvalue weighted by molar-refractivity contribution is -0.135. The Kier molecular flexibility index (Phi) is 6.51. The Hall–Kier alpha value is -1.12. The van der Waals surface area contributed by atoms with Gasteiger partial charge >= 0.3 is 0 Å². The van der Waals surface area contributed by atoms with Crippen molar-refractivity contribution in [1.82, 2.24) is 9.21 Å². The zero-order valence-corrected chi connectivity index (χ0v) is 16.2. The molecule has 0 spiro atoms. The van der Waals surface area contributed by atoms with Gasteiger partial charge in [-0.15, -0.1) is 0 Å². The molecule has 1 unspecified atom stereocenters. The molecule has 25 heavy (non-hydrogen) atoms. The number of likely N-dealkylation sites (tertiary alicyclic amines) is 1. The topological polar surface area (TPSA) is 66.9 Å². The quantitative estimate of drug-likeness (QED) is 0.717. The van der Waals surface area contributed by atoms with Crippen molar-refractivity contribution in [3.63, 3.8) is 0 Å². The molecule has 1 heterocycles. The summed E-state index contributed by atoms with van der Waals surface area (Å²) < 4.78 is 44.4. The summed E-state index contributed by atoms with van der Waals surface area (Å²) in [5, 5.41) is -0.448. The lowest BCUT2D eigenvalue weighted by Crippen LogP contribution is -2.46. The van der Waals surface area contributed by atoms with Gasteiger partial charge < -0.3 is 9.64 Å². The Morgan fingerprint density at radius 3 is 2.56 bits per heavy atom. The van der Waals surface area contributed by atoms with Crippen LogP contribution in [0.2, 0.25) is 0 Å². The van der Waals surface area contributed by atoms with Crippen molar-refractivity contribution >= 4 is 27.5 Å². The van der Waals surface area contributed by atoms with Crippen molar-refractivity contribution in [3.05, 3.63) is 22.7 Å². The summed E-state index contributed by atoms with van der Waals surface area (Å²) in [5.74, 6) is -0.270. The van der Waals surface area contributed by atoms with Gasteiger partial charge in [0.1, 0.15) is 11.6 Å². The number of ether oxygens (including phenoxy) is 1. The third-order valence-electron chi connectivity index (χ3n) is 4.59. The number of hydrogen-bond donors (Lipinski definition) is 0. The van der Waals surface area contributed by atoms with E-state index in [2.05, 4.69) is 0 Å². The van der Waals surface area contributed by atoms with E-state index in [1.807, 2.05) is 0 Å². The minimum absolute atomic E-state index is 0.00950. The first-order chi connectivity index (χ1) is 11.6. The number of allylic oxidation sites excluding steroid dienone is 4. The summed E-state index contributed by atoms with van der Waals surface area (Å²) in [6.07, 6.45) is 2.39. The molecule has 9 heteroatoms. The highest BCUT2D eigenvalue weighted by molar-refractivity contribution is 7.89. The van der Waals surface area contributed by atoms with Gasteiger partial charge in [-0.3, -0.25) is 4.79 Å². The number of carbonyl (C=O) groups excluding carboxylic acids is 1. The minimum atomic E-state index is -3.30. The Bertz CT molecular complexity index is 682. The monoisotopic (exact) mass is 394 g/mol. The molecule has 0 saturated carbocycles. The van der Waals surface area contributed by atoms with Crippen molar-refractivity contribution in [2.75, 3.05) is 33.8 Å². The van der Waals surface area contributed by atoms with Crippen LogP contribution >= 0.6 is 11.6 Å². The van der Waals surface area contributed by atoms with Crippen LogP contribution in [0.25, 0.3) is 0 Å². The molecule has 1 saturated heterocycles.